The van der Waals surface area contributed by atoms with E-state index in [1.807, 2.05) is 48.6 Å². The van der Waals surface area contributed by atoms with Gasteiger partial charge in [-0.15, -0.1) is 0 Å². The number of methoxy groups -OCH3 is 4. The normalized spacial score (nSPS) is 22.7. The number of benzene rings is 3. The fourth-order valence-corrected chi connectivity index (χ4v) is 8.02. The molecule has 3 aromatic carbocycles. The number of amides is 2. The minimum Gasteiger partial charge on any atom is -0.507 e. The van der Waals surface area contributed by atoms with Gasteiger partial charge in [0.2, 0.25) is 11.8 Å². The van der Waals surface area contributed by atoms with Crippen molar-refractivity contribution < 1.29 is 43.2 Å². The number of phenolic OH excluding ortho intramolecular Hbond substituents is 1. The molecule has 0 aromatic heterocycles. The predicted molar refractivity (Wildman–Crippen MR) is 190 cm³/mol. The Kier molecular flexibility index (Phi) is 8.62. The van der Waals surface area contributed by atoms with Crippen LogP contribution in [0, 0.1) is 17.8 Å². The number of ketones is 2. The number of imide groups is 1. The Morgan fingerprint density at radius 2 is 1.51 bits per heavy atom. The van der Waals surface area contributed by atoms with Crippen molar-refractivity contribution in [3.8, 4) is 28.7 Å². The number of fused-ring (bicyclic) bond motifs is 3. The quantitative estimate of drug-likeness (QED) is 0.127. The first-order chi connectivity index (χ1) is 24.6. The van der Waals surface area contributed by atoms with E-state index in [2.05, 4.69) is 0 Å². The SMILES string of the molecule is COc1ccc(OC)c(C=Cc2ccc(N3C(=O)[C@H]4[C@H](CC=C5[C@H](c6c(O)cc(OC)cc6OC)C6=C(C[C@H]54)C(=O)C(C)=CC6=O)C3=O)cc2)c1. The second kappa shape index (κ2) is 13.1. The summed E-state index contributed by atoms with van der Waals surface area (Å²) in [7, 11) is 6.11. The molecule has 10 heteroatoms. The molecule has 4 aliphatic rings. The summed E-state index contributed by atoms with van der Waals surface area (Å²) in [6.45, 7) is 1.59. The van der Waals surface area contributed by atoms with E-state index < -0.39 is 23.7 Å². The van der Waals surface area contributed by atoms with Crippen molar-refractivity contribution >= 4 is 41.2 Å². The molecule has 1 N–H and O–H groups in total. The number of Topliss-reactive ketones (excluding diaryl/α,β-unsaturated/α-hetero) is 1. The maximum absolute atomic E-state index is 14.4. The van der Waals surface area contributed by atoms with Crippen LogP contribution >= 0.6 is 0 Å². The average molecular weight is 688 g/mol. The number of nitrogens with zero attached hydrogens (tertiary/aromatic N) is 1. The third-order valence-electron chi connectivity index (χ3n) is 10.4. The number of hydrogen-bond acceptors (Lipinski definition) is 9. The minimum atomic E-state index is -0.868. The summed E-state index contributed by atoms with van der Waals surface area (Å²) in [5, 5.41) is 11.4. The number of carbonyl (C=O) groups is 4. The van der Waals surface area contributed by atoms with Crippen LogP contribution in [0.1, 0.15) is 42.4 Å². The Morgan fingerprint density at radius 3 is 2.20 bits per heavy atom. The molecule has 10 nitrogen and oxygen atoms in total. The first-order valence-electron chi connectivity index (χ1n) is 16.6. The molecule has 2 amide bonds. The van der Waals surface area contributed by atoms with Crippen molar-refractivity contribution in [3.63, 3.8) is 0 Å². The van der Waals surface area contributed by atoms with E-state index >= 15 is 0 Å². The van der Waals surface area contributed by atoms with Gasteiger partial charge in [-0.05, 0) is 67.7 Å². The summed E-state index contributed by atoms with van der Waals surface area (Å²) in [4.78, 5) is 57.0. The lowest BCUT2D eigenvalue weighted by Crippen LogP contribution is -2.40. The van der Waals surface area contributed by atoms with Crippen molar-refractivity contribution in [2.75, 3.05) is 33.3 Å². The maximum Gasteiger partial charge on any atom is 0.238 e. The average Bonchev–Trinajstić information content (AvgIpc) is 3.40. The van der Waals surface area contributed by atoms with Crippen molar-refractivity contribution in [1.82, 2.24) is 0 Å². The van der Waals surface area contributed by atoms with Crippen molar-refractivity contribution in [3.05, 3.63) is 106 Å². The number of allylic oxidation sites excluding steroid dienone is 6. The molecule has 1 saturated heterocycles. The van der Waals surface area contributed by atoms with Gasteiger partial charge in [0.1, 0.15) is 28.7 Å². The fraction of sp³-hybridized carbons (Fsp3) is 0.268. The Labute approximate surface area is 295 Å². The van der Waals surface area contributed by atoms with Gasteiger partial charge in [-0.25, -0.2) is 0 Å². The Hall–Kier alpha value is -5.90. The first-order valence-corrected chi connectivity index (χ1v) is 16.6. The molecule has 1 fully saturated rings. The zero-order valence-corrected chi connectivity index (χ0v) is 28.9. The molecule has 260 valence electrons. The third kappa shape index (κ3) is 5.51. The predicted octanol–water partition coefficient (Wildman–Crippen LogP) is 6.23. The van der Waals surface area contributed by atoms with Gasteiger partial charge in [0, 0.05) is 45.9 Å². The van der Waals surface area contributed by atoms with E-state index in [4.69, 9.17) is 18.9 Å². The molecule has 0 unspecified atom stereocenters. The van der Waals surface area contributed by atoms with Crippen LogP contribution in [-0.2, 0) is 19.2 Å². The Balaban J connectivity index is 1.24. The highest BCUT2D eigenvalue weighted by atomic mass is 16.5. The topological polar surface area (TPSA) is 129 Å². The summed E-state index contributed by atoms with van der Waals surface area (Å²) < 4.78 is 21.9. The van der Waals surface area contributed by atoms with Gasteiger partial charge in [0.25, 0.3) is 0 Å². The first kappa shape index (κ1) is 33.6. The van der Waals surface area contributed by atoms with Crippen LogP contribution in [0.3, 0.4) is 0 Å². The second-order valence-electron chi connectivity index (χ2n) is 13.0. The smallest absolute Gasteiger partial charge is 0.238 e. The van der Waals surface area contributed by atoms with Gasteiger partial charge >= 0.3 is 0 Å². The molecular formula is C41H37NO9. The minimum absolute atomic E-state index is 0.123. The largest absolute Gasteiger partial charge is 0.507 e. The fourth-order valence-electron chi connectivity index (χ4n) is 8.02. The van der Waals surface area contributed by atoms with E-state index in [9.17, 15) is 24.3 Å². The molecule has 0 bridgehead atoms. The molecule has 0 spiro atoms. The number of ether oxygens (including phenoxy) is 4. The molecule has 0 radical (unpaired) electrons. The zero-order valence-electron chi connectivity index (χ0n) is 28.9. The van der Waals surface area contributed by atoms with Gasteiger partial charge in [0.05, 0.1) is 46.0 Å². The van der Waals surface area contributed by atoms with Gasteiger partial charge in [-0.1, -0.05) is 35.9 Å². The number of hydrogen-bond donors (Lipinski definition) is 1. The van der Waals surface area contributed by atoms with Crippen LogP contribution in [0.2, 0.25) is 0 Å². The number of aromatic hydroxyl groups is 1. The summed E-state index contributed by atoms with van der Waals surface area (Å²) in [6.07, 6.45) is 7.41. The number of carbonyl (C=O) groups excluding carboxylic acids is 4. The lowest BCUT2D eigenvalue weighted by molar-refractivity contribution is -0.123. The number of anilines is 1. The van der Waals surface area contributed by atoms with Crippen LogP contribution < -0.4 is 23.8 Å². The van der Waals surface area contributed by atoms with Crippen LogP contribution in [0.5, 0.6) is 28.7 Å². The lowest BCUT2D eigenvalue weighted by atomic mass is 9.59. The van der Waals surface area contributed by atoms with Crippen molar-refractivity contribution in [2.45, 2.75) is 25.7 Å². The van der Waals surface area contributed by atoms with Gasteiger partial charge < -0.3 is 24.1 Å². The highest BCUT2D eigenvalue weighted by molar-refractivity contribution is 6.25. The van der Waals surface area contributed by atoms with E-state index in [-0.39, 0.29) is 53.3 Å². The Bertz CT molecular complexity index is 2120. The van der Waals surface area contributed by atoms with Crippen LogP contribution in [-0.4, -0.2) is 56.9 Å². The maximum atomic E-state index is 14.4. The van der Waals surface area contributed by atoms with Crippen LogP contribution in [0.15, 0.2) is 89.0 Å². The third-order valence-corrected chi connectivity index (χ3v) is 10.4. The van der Waals surface area contributed by atoms with Gasteiger partial charge in [-0.3, -0.25) is 24.1 Å². The van der Waals surface area contributed by atoms with Crippen LogP contribution in [0.4, 0.5) is 5.69 Å². The number of phenols is 1. The van der Waals surface area contributed by atoms with Crippen molar-refractivity contribution in [2.24, 2.45) is 17.8 Å². The molecule has 51 heavy (non-hydrogen) atoms. The molecule has 3 aliphatic carbocycles. The summed E-state index contributed by atoms with van der Waals surface area (Å²) >= 11 is 0. The van der Waals surface area contributed by atoms with E-state index in [0.717, 1.165) is 11.1 Å². The lowest BCUT2D eigenvalue weighted by Gasteiger charge is -2.42. The van der Waals surface area contributed by atoms with E-state index in [0.29, 0.717) is 45.2 Å². The Morgan fingerprint density at radius 1 is 0.784 bits per heavy atom. The summed E-state index contributed by atoms with van der Waals surface area (Å²) in [6, 6.07) is 15.7. The number of rotatable bonds is 8. The molecular weight excluding hydrogens is 650 g/mol. The zero-order chi connectivity index (χ0) is 36.1. The van der Waals surface area contributed by atoms with Gasteiger partial charge in [0.15, 0.2) is 11.6 Å². The standard InChI is InChI=1S/C41H37NO9/c1-21-16-31(43)36-30(39(21)45)20-29-27(37(36)38-32(44)18-26(49-3)19-34(38)51-5)13-14-28-35(29)41(47)42(40(28)46)24-10-7-22(8-11-24)6-9-23-17-25(48-2)12-15-33(23)50-4/h6-13,15-19,28-29,35,37,44H,14,20H2,1-5H3/t28-,29+,35-,37-/m0/s1. The van der Waals surface area contributed by atoms with E-state index in [1.165, 1.54) is 31.3 Å². The molecule has 7 rings (SSSR count). The molecule has 1 aliphatic heterocycles. The summed E-state index contributed by atoms with van der Waals surface area (Å²) in [5.41, 5.74) is 3.99. The molecule has 4 atom stereocenters. The highest BCUT2D eigenvalue weighted by Crippen LogP contribution is 2.58. The summed E-state index contributed by atoms with van der Waals surface area (Å²) in [5.74, 6) is -2.31. The van der Waals surface area contributed by atoms with Gasteiger partial charge in [-0.2, -0.15) is 0 Å². The second-order valence-corrected chi connectivity index (χ2v) is 13.0. The molecule has 0 saturated carbocycles. The molecule has 1 heterocycles. The monoisotopic (exact) mass is 687 g/mol. The van der Waals surface area contributed by atoms with Crippen LogP contribution in [0.25, 0.3) is 12.2 Å². The van der Waals surface area contributed by atoms with Crippen molar-refractivity contribution in [1.29, 1.82) is 0 Å². The highest BCUT2D eigenvalue weighted by Gasteiger charge is 2.57. The molecule has 3 aromatic rings. The van der Waals surface area contributed by atoms with E-state index in [1.54, 1.807) is 39.3 Å².